The number of nitrogens with zero attached hydrogens (tertiary/aromatic N) is 6. The molecule has 8 heteroatoms. The topological polar surface area (TPSA) is 79.2 Å². The van der Waals surface area contributed by atoms with E-state index in [1.165, 1.54) is 0 Å². The molecule has 0 radical (unpaired) electrons. The quantitative estimate of drug-likeness (QED) is 0.703. The van der Waals surface area contributed by atoms with Gasteiger partial charge in [0.1, 0.15) is 11.6 Å². The van der Waals surface area contributed by atoms with Crippen LogP contribution in [0.5, 0.6) is 0 Å². The molecule has 1 aliphatic heterocycles. The van der Waals surface area contributed by atoms with Gasteiger partial charge in [0, 0.05) is 38.6 Å². The first kappa shape index (κ1) is 20.1. The predicted octanol–water partition coefficient (Wildman–Crippen LogP) is 3.18. The summed E-state index contributed by atoms with van der Waals surface area (Å²) in [5, 5.41) is 8.45. The highest BCUT2D eigenvalue weighted by Crippen LogP contribution is 2.29. The van der Waals surface area contributed by atoms with Crippen molar-refractivity contribution in [2.75, 3.05) is 37.6 Å². The smallest absolute Gasteiger partial charge is 0.317 e. The van der Waals surface area contributed by atoms with Gasteiger partial charge in [-0.3, -0.25) is 0 Å². The highest BCUT2D eigenvalue weighted by molar-refractivity contribution is 5.88. The average molecular weight is 408 g/mol. The maximum absolute atomic E-state index is 12.2. The largest absolute Gasteiger partial charge is 0.352 e. The molecule has 1 unspecified atom stereocenters. The summed E-state index contributed by atoms with van der Waals surface area (Å²) in [6, 6.07) is 10.1. The van der Waals surface area contributed by atoms with Gasteiger partial charge in [-0.15, -0.1) is 0 Å². The third-order valence-electron chi connectivity index (χ3n) is 5.67. The first-order chi connectivity index (χ1) is 14.6. The molecule has 30 heavy (non-hydrogen) atoms. The monoisotopic (exact) mass is 407 g/mol. The number of amides is 2. The third kappa shape index (κ3) is 3.81. The van der Waals surface area contributed by atoms with E-state index in [0.717, 1.165) is 47.9 Å². The standard InChI is InChI=1S/C22H29N7O/c1-4-16(3)19-25-20(27-11-13-28(14-12-27)22(30)23-5-2)18-15-24-29(21(18)26-19)17-9-7-6-8-10-17/h6-10,15-16H,4-5,11-14H2,1-3H3,(H,23,30). The lowest BCUT2D eigenvalue weighted by Crippen LogP contribution is -2.52. The van der Waals surface area contributed by atoms with Gasteiger partial charge in [-0.1, -0.05) is 32.0 Å². The van der Waals surface area contributed by atoms with E-state index in [1.54, 1.807) is 0 Å². The maximum Gasteiger partial charge on any atom is 0.317 e. The molecule has 0 spiro atoms. The van der Waals surface area contributed by atoms with Gasteiger partial charge in [0.25, 0.3) is 0 Å². The van der Waals surface area contributed by atoms with Crippen LogP contribution in [0.3, 0.4) is 0 Å². The molecule has 4 rings (SSSR count). The molecule has 0 bridgehead atoms. The van der Waals surface area contributed by atoms with Gasteiger partial charge in [-0.05, 0) is 25.5 Å². The SMILES string of the molecule is CCNC(=O)N1CCN(c2nc(C(C)CC)nc3c2cnn3-c2ccccc2)CC1. The molecule has 158 valence electrons. The Morgan fingerprint density at radius 1 is 1.10 bits per heavy atom. The van der Waals surface area contributed by atoms with E-state index in [9.17, 15) is 4.79 Å². The van der Waals surface area contributed by atoms with Crippen molar-refractivity contribution in [3.63, 3.8) is 0 Å². The van der Waals surface area contributed by atoms with Crippen LogP contribution in [-0.2, 0) is 0 Å². The number of anilines is 1. The second-order valence-electron chi connectivity index (χ2n) is 7.65. The van der Waals surface area contributed by atoms with Crippen LogP contribution in [0.4, 0.5) is 10.6 Å². The minimum atomic E-state index is 0.00201. The van der Waals surface area contributed by atoms with Crippen LogP contribution < -0.4 is 10.2 Å². The van der Waals surface area contributed by atoms with Gasteiger partial charge in [0.2, 0.25) is 0 Å². The fourth-order valence-electron chi connectivity index (χ4n) is 3.70. The Morgan fingerprint density at radius 3 is 2.50 bits per heavy atom. The summed E-state index contributed by atoms with van der Waals surface area (Å²) in [5.74, 6) is 2.00. The normalized spacial score (nSPS) is 15.4. The number of carbonyl (C=O) groups excluding carboxylic acids is 1. The van der Waals surface area contributed by atoms with E-state index >= 15 is 0 Å². The maximum atomic E-state index is 12.2. The number of para-hydroxylation sites is 1. The Balaban J connectivity index is 1.71. The van der Waals surface area contributed by atoms with Crippen LogP contribution in [0, 0.1) is 0 Å². The Hall–Kier alpha value is -3.16. The predicted molar refractivity (Wildman–Crippen MR) is 118 cm³/mol. The van der Waals surface area contributed by atoms with Gasteiger partial charge in [-0.25, -0.2) is 19.4 Å². The fraction of sp³-hybridized carbons (Fsp3) is 0.455. The molecule has 1 aromatic carbocycles. The number of urea groups is 1. The van der Waals surface area contributed by atoms with E-state index in [-0.39, 0.29) is 11.9 Å². The molecule has 0 saturated carbocycles. The molecular weight excluding hydrogens is 378 g/mol. The van der Waals surface area contributed by atoms with Crippen molar-refractivity contribution in [1.82, 2.24) is 30.0 Å². The van der Waals surface area contributed by atoms with Crippen molar-refractivity contribution in [3.8, 4) is 5.69 Å². The molecule has 2 amide bonds. The number of aromatic nitrogens is 4. The molecule has 1 atom stereocenters. The summed E-state index contributed by atoms with van der Waals surface area (Å²) < 4.78 is 1.89. The molecule has 2 aromatic heterocycles. The first-order valence-corrected chi connectivity index (χ1v) is 10.7. The minimum Gasteiger partial charge on any atom is -0.352 e. The van der Waals surface area contributed by atoms with Crippen LogP contribution in [0.15, 0.2) is 36.5 Å². The lowest BCUT2D eigenvalue weighted by molar-refractivity contribution is 0.195. The zero-order valence-corrected chi connectivity index (χ0v) is 17.9. The van der Waals surface area contributed by atoms with E-state index < -0.39 is 0 Å². The first-order valence-electron chi connectivity index (χ1n) is 10.7. The lowest BCUT2D eigenvalue weighted by atomic mass is 10.1. The lowest BCUT2D eigenvalue weighted by Gasteiger charge is -2.35. The molecule has 1 aliphatic rings. The number of fused-ring (bicyclic) bond motifs is 1. The van der Waals surface area contributed by atoms with E-state index in [1.807, 2.05) is 53.0 Å². The number of piperazine rings is 1. The molecule has 8 nitrogen and oxygen atoms in total. The number of rotatable bonds is 5. The highest BCUT2D eigenvalue weighted by atomic mass is 16.2. The fourth-order valence-corrected chi connectivity index (χ4v) is 3.70. The number of hydrogen-bond acceptors (Lipinski definition) is 5. The van der Waals surface area contributed by atoms with Crippen LogP contribution in [-0.4, -0.2) is 63.4 Å². The minimum absolute atomic E-state index is 0.00201. The summed E-state index contributed by atoms with van der Waals surface area (Å²) in [7, 11) is 0. The average Bonchev–Trinajstić information content (AvgIpc) is 3.23. The van der Waals surface area contributed by atoms with Crippen molar-refractivity contribution < 1.29 is 4.79 Å². The summed E-state index contributed by atoms with van der Waals surface area (Å²) in [4.78, 5) is 26.1. The zero-order chi connectivity index (χ0) is 21.1. The van der Waals surface area contributed by atoms with Crippen molar-refractivity contribution in [2.24, 2.45) is 0 Å². The zero-order valence-electron chi connectivity index (χ0n) is 17.9. The van der Waals surface area contributed by atoms with E-state index in [2.05, 4.69) is 29.2 Å². The second kappa shape index (κ2) is 8.69. The molecule has 3 aromatic rings. The number of hydrogen-bond donors (Lipinski definition) is 1. The van der Waals surface area contributed by atoms with E-state index in [0.29, 0.717) is 19.6 Å². The Kier molecular flexibility index (Phi) is 5.83. The summed E-state index contributed by atoms with van der Waals surface area (Å²) in [6.07, 6.45) is 2.82. The van der Waals surface area contributed by atoms with Crippen LogP contribution in [0.25, 0.3) is 16.7 Å². The number of nitrogens with one attached hydrogen (secondary N) is 1. The molecular formula is C22H29N7O. The van der Waals surface area contributed by atoms with Crippen molar-refractivity contribution in [1.29, 1.82) is 0 Å². The number of benzene rings is 1. The van der Waals surface area contributed by atoms with Crippen molar-refractivity contribution >= 4 is 22.9 Å². The van der Waals surface area contributed by atoms with Crippen molar-refractivity contribution in [2.45, 2.75) is 33.1 Å². The van der Waals surface area contributed by atoms with Crippen LogP contribution in [0.1, 0.15) is 38.9 Å². The summed E-state index contributed by atoms with van der Waals surface area (Å²) in [6.45, 7) is 9.69. The van der Waals surface area contributed by atoms with Crippen LogP contribution >= 0.6 is 0 Å². The summed E-state index contributed by atoms with van der Waals surface area (Å²) in [5.41, 5.74) is 1.81. The molecule has 1 saturated heterocycles. The van der Waals surface area contributed by atoms with Gasteiger partial charge in [0.05, 0.1) is 17.3 Å². The number of carbonyl (C=O) groups is 1. The van der Waals surface area contributed by atoms with Gasteiger partial charge < -0.3 is 15.1 Å². The Morgan fingerprint density at radius 2 is 1.83 bits per heavy atom. The van der Waals surface area contributed by atoms with Crippen LogP contribution in [0.2, 0.25) is 0 Å². The molecule has 1 fully saturated rings. The van der Waals surface area contributed by atoms with E-state index in [4.69, 9.17) is 9.97 Å². The summed E-state index contributed by atoms with van der Waals surface area (Å²) >= 11 is 0. The second-order valence-corrected chi connectivity index (χ2v) is 7.65. The molecule has 1 N–H and O–H groups in total. The Bertz CT molecular complexity index is 1010. The Labute approximate surface area is 176 Å². The molecule has 3 heterocycles. The van der Waals surface area contributed by atoms with Gasteiger partial charge >= 0.3 is 6.03 Å². The van der Waals surface area contributed by atoms with Gasteiger partial charge in [0.15, 0.2) is 5.65 Å². The van der Waals surface area contributed by atoms with Crippen molar-refractivity contribution in [3.05, 3.63) is 42.4 Å². The third-order valence-corrected chi connectivity index (χ3v) is 5.67. The highest BCUT2D eigenvalue weighted by Gasteiger charge is 2.25. The molecule has 0 aliphatic carbocycles. The van der Waals surface area contributed by atoms with Gasteiger partial charge in [-0.2, -0.15) is 5.10 Å².